The molecule has 1 aromatic carbocycles. The van der Waals surface area contributed by atoms with Gasteiger partial charge in [-0.3, -0.25) is 0 Å². The van der Waals surface area contributed by atoms with Crippen molar-refractivity contribution in [1.29, 1.82) is 0 Å². The van der Waals surface area contributed by atoms with Gasteiger partial charge in [-0.05, 0) is 41.4 Å². The summed E-state index contributed by atoms with van der Waals surface area (Å²) in [6.45, 7) is 11.3. The third-order valence-corrected chi connectivity index (χ3v) is 8.43. The van der Waals surface area contributed by atoms with Crippen molar-refractivity contribution >= 4 is 13.9 Å². The van der Waals surface area contributed by atoms with Gasteiger partial charge in [-0.25, -0.2) is 4.39 Å². The molecule has 0 fully saturated rings. The lowest BCUT2D eigenvalue weighted by atomic mass is 10.1. The lowest BCUT2D eigenvalue weighted by Gasteiger charge is -2.36. The van der Waals surface area contributed by atoms with Crippen LogP contribution in [0.4, 0.5) is 4.39 Å². The Labute approximate surface area is 122 Å². The highest BCUT2D eigenvalue weighted by molar-refractivity contribution is 6.74. The summed E-state index contributed by atoms with van der Waals surface area (Å²) in [5, 5.41) is 9.29. The maximum Gasteiger partial charge on any atom is 0.192 e. The van der Waals surface area contributed by atoms with E-state index in [0.29, 0.717) is 6.61 Å². The van der Waals surface area contributed by atoms with Crippen LogP contribution >= 0.6 is 0 Å². The molecule has 1 N–H and O–H groups in total. The number of hydrogen-bond donors (Lipinski definition) is 1. The molecule has 2 nitrogen and oxygen atoms in total. The second kappa shape index (κ2) is 6.65. The van der Waals surface area contributed by atoms with E-state index in [9.17, 15) is 4.39 Å². The van der Waals surface area contributed by atoms with Crippen LogP contribution in [0.15, 0.2) is 30.3 Å². The van der Waals surface area contributed by atoms with Crippen LogP contribution in [0, 0.1) is 5.82 Å². The number of rotatable bonds is 5. The minimum absolute atomic E-state index is 0.0480. The summed E-state index contributed by atoms with van der Waals surface area (Å²) in [6, 6.07) is 6.28. The predicted molar refractivity (Wildman–Crippen MR) is 84.6 cm³/mol. The molecule has 4 heteroatoms. The second-order valence-corrected chi connectivity index (χ2v) is 11.3. The largest absolute Gasteiger partial charge is 0.413 e. The summed E-state index contributed by atoms with van der Waals surface area (Å²) in [5.74, 6) is -0.262. The van der Waals surface area contributed by atoms with Crippen LogP contribution in [0.1, 0.15) is 26.3 Å². The molecule has 0 aliphatic rings. The predicted octanol–water partition coefficient (Wildman–Crippen LogP) is 4.22. The fourth-order valence-electron chi connectivity index (χ4n) is 1.51. The molecule has 0 saturated carbocycles. The van der Waals surface area contributed by atoms with E-state index in [2.05, 4.69) is 33.9 Å². The van der Waals surface area contributed by atoms with Crippen molar-refractivity contribution in [2.24, 2.45) is 0 Å². The number of aliphatic hydroxyl groups is 1. The van der Waals surface area contributed by atoms with Crippen LogP contribution in [-0.2, 0) is 4.43 Å². The van der Waals surface area contributed by atoms with Gasteiger partial charge < -0.3 is 9.53 Å². The van der Waals surface area contributed by atoms with Gasteiger partial charge in [0.05, 0.1) is 13.2 Å². The van der Waals surface area contributed by atoms with Crippen molar-refractivity contribution in [2.45, 2.75) is 38.9 Å². The van der Waals surface area contributed by atoms with Gasteiger partial charge in [0, 0.05) is 0 Å². The van der Waals surface area contributed by atoms with E-state index in [1.807, 2.05) is 0 Å². The van der Waals surface area contributed by atoms with Gasteiger partial charge in [-0.15, -0.1) is 0 Å². The molecular weight excluding hydrogens is 271 g/mol. The first-order chi connectivity index (χ1) is 9.17. The van der Waals surface area contributed by atoms with Crippen molar-refractivity contribution < 1.29 is 13.9 Å². The molecule has 0 spiro atoms. The Morgan fingerprint density at radius 2 is 1.80 bits per heavy atom. The molecule has 0 unspecified atom stereocenters. The van der Waals surface area contributed by atoms with E-state index < -0.39 is 8.32 Å². The van der Waals surface area contributed by atoms with E-state index in [1.54, 1.807) is 18.2 Å². The molecule has 0 radical (unpaired) electrons. The standard InChI is InChI=1S/C16H25FO2Si/c1-16(2,3)20(4,5)19-12-14(10-11-18)13-6-8-15(17)9-7-13/h6-10,18H,11-12H2,1-5H3/b14-10+. The first-order valence-corrected chi connectivity index (χ1v) is 9.78. The summed E-state index contributed by atoms with van der Waals surface area (Å²) < 4.78 is 19.1. The van der Waals surface area contributed by atoms with Gasteiger partial charge in [0.1, 0.15) is 5.82 Å². The molecule has 0 bridgehead atoms. The van der Waals surface area contributed by atoms with E-state index in [1.165, 1.54) is 12.1 Å². The van der Waals surface area contributed by atoms with Crippen molar-refractivity contribution in [2.75, 3.05) is 13.2 Å². The Morgan fingerprint density at radius 1 is 1.25 bits per heavy atom. The quantitative estimate of drug-likeness (QED) is 0.824. The van der Waals surface area contributed by atoms with Gasteiger partial charge >= 0.3 is 0 Å². The normalized spacial score (nSPS) is 13.7. The van der Waals surface area contributed by atoms with Crippen molar-refractivity contribution in [3.05, 3.63) is 41.7 Å². The Bertz CT molecular complexity index is 458. The van der Waals surface area contributed by atoms with Crippen LogP contribution in [0.25, 0.3) is 5.57 Å². The summed E-state index contributed by atoms with van der Waals surface area (Å²) in [4.78, 5) is 0. The Hall–Kier alpha value is -0.973. The number of hydrogen-bond acceptors (Lipinski definition) is 2. The molecule has 0 aromatic heterocycles. The van der Waals surface area contributed by atoms with Gasteiger partial charge in [0.2, 0.25) is 0 Å². The number of halogens is 1. The molecule has 0 aliphatic heterocycles. The molecule has 20 heavy (non-hydrogen) atoms. The first kappa shape index (κ1) is 17.1. The average molecular weight is 296 g/mol. The molecule has 0 saturated heterocycles. The maximum atomic E-state index is 13.0. The van der Waals surface area contributed by atoms with Crippen LogP contribution in [-0.4, -0.2) is 26.6 Å². The van der Waals surface area contributed by atoms with Gasteiger partial charge in [0.25, 0.3) is 0 Å². The fraction of sp³-hybridized carbons (Fsp3) is 0.500. The summed E-state index contributed by atoms with van der Waals surface area (Å²) >= 11 is 0. The van der Waals surface area contributed by atoms with Crippen LogP contribution in [0.2, 0.25) is 18.1 Å². The van der Waals surface area contributed by atoms with E-state index in [4.69, 9.17) is 9.53 Å². The first-order valence-electron chi connectivity index (χ1n) is 6.87. The highest BCUT2D eigenvalue weighted by Crippen LogP contribution is 2.37. The Balaban J connectivity index is 2.85. The zero-order valence-corrected chi connectivity index (χ0v) is 14.0. The van der Waals surface area contributed by atoms with Crippen molar-refractivity contribution in [3.63, 3.8) is 0 Å². The van der Waals surface area contributed by atoms with E-state index in [-0.39, 0.29) is 17.5 Å². The lowest BCUT2D eigenvalue weighted by Crippen LogP contribution is -2.41. The van der Waals surface area contributed by atoms with E-state index in [0.717, 1.165) is 11.1 Å². The third-order valence-electron chi connectivity index (χ3n) is 3.95. The molecule has 0 atom stereocenters. The molecular formula is C16H25FO2Si. The zero-order chi connectivity index (χ0) is 15.4. The molecule has 0 heterocycles. The molecule has 0 amide bonds. The van der Waals surface area contributed by atoms with Crippen LogP contribution in [0.3, 0.4) is 0 Å². The summed E-state index contributed by atoms with van der Waals surface area (Å²) in [5.41, 5.74) is 1.79. The monoisotopic (exact) mass is 296 g/mol. The fourth-order valence-corrected chi connectivity index (χ4v) is 2.46. The minimum atomic E-state index is -1.84. The Kier molecular flexibility index (Phi) is 5.68. The second-order valence-electron chi connectivity index (χ2n) is 6.47. The smallest absolute Gasteiger partial charge is 0.192 e. The van der Waals surface area contributed by atoms with Crippen molar-refractivity contribution in [3.8, 4) is 0 Å². The highest BCUT2D eigenvalue weighted by Gasteiger charge is 2.37. The molecule has 0 aliphatic carbocycles. The minimum Gasteiger partial charge on any atom is -0.413 e. The molecule has 1 rings (SSSR count). The third kappa shape index (κ3) is 4.54. The Morgan fingerprint density at radius 3 is 2.25 bits per heavy atom. The SMILES string of the molecule is CC(C)(C)[Si](C)(C)OC/C(=C\CO)c1ccc(F)cc1. The van der Waals surface area contributed by atoms with Crippen LogP contribution < -0.4 is 0 Å². The topological polar surface area (TPSA) is 29.5 Å². The summed E-state index contributed by atoms with van der Waals surface area (Å²) in [7, 11) is -1.84. The van der Waals surface area contributed by atoms with Gasteiger partial charge in [0.15, 0.2) is 8.32 Å². The van der Waals surface area contributed by atoms with Gasteiger partial charge in [-0.2, -0.15) is 0 Å². The molecule has 112 valence electrons. The maximum absolute atomic E-state index is 13.0. The number of benzene rings is 1. The van der Waals surface area contributed by atoms with Gasteiger partial charge in [-0.1, -0.05) is 39.0 Å². The summed E-state index contributed by atoms with van der Waals surface area (Å²) in [6.07, 6.45) is 1.72. The lowest BCUT2D eigenvalue weighted by molar-refractivity contribution is 0.327. The molecule has 1 aromatic rings. The van der Waals surface area contributed by atoms with Crippen LogP contribution in [0.5, 0.6) is 0 Å². The highest BCUT2D eigenvalue weighted by atomic mass is 28.4. The average Bonchev–Trinajstić information content (AvgIpc) is 2.34. The zero-order valence-electron chi connectivity index (χ0n) is 13.0. The number of aliphatic hydroxyl groups excluding tert-OH is 1. The van der Waals surface area contributed by atoms with Crippen molar-refractivity contribution in [1.82, 2.24) is 0 Å². The van der Waals surface area contributed by atoms with E-state index >= 15 is 0 Å².